The molecule has 4 rings (SSSR count). The molecule has 162 valence electrons. The predicted octanol–water partition coefficient (Wildman–Crippen LogP) is 4.23. The summed E-state index contributed by atoms with van der Waals surface area (Å²) in [6, 6.07) is 9.85. The Balaban J connectivity index is 1.52. The van der Waals surface area contributed by atoms with E-state index in [0.717, 1.165) is 42.9 Å². The van der Waals surface area contributed by atoms with Crippen molar-refractivity contribution in [1.29, 1.82) is 0 Å². The van der Waals surface area contributed by atoms with E-state index >= 15 is 0 Å². The van der Waals surface area contributed by atoms with Gasteiger partial charge in [0.1, 0.15) is 11.9 Å². The summed E-state index contributed by atoms with van der Waals surface area (Å²) in [7, 11) is 0. The predicted molar refractivity (Wildman–Crippen MR) is 121 cm³/mol. The zero-order valence-electron chi connectivity index (χ0n) is 18.4. The molecular weight excluding hydrogens is 388 g/mol. The van der Waals surface area contributed by atoms with Gasteiger partial charge in [-0.05, 0) is 42.4 Å². The van der Waals surface area contributed by atoms with Crippen LogP contribution in [-0.2, 0) is 11.2 Å². The van der Waals surface area contributed by atoms with Crippen molar-refractivity contribution in [2.75, 3.05) is 11.9 Å². The van der Waals surface area contributed by atoms with Gasteiger partial charge in [-0.2, -0.15) is 0 Å². The van der Waals surface area contributed by atoms with Gasteiger partial charge < -0.3 is 15.2 Å². The van der Waals surface area contributed by atoms with Crippen molar-refractivity contribution >= 4 is 11.9 Å². The molecule has 31 heavy (non-hydrogen) atoms. The quantitative estimate of drug-likeness (QED) is 0.600. The van der Waals surface area contributed by atoms with Crippen LogP contribution in [0.25, 0.3) is 11.3 Å². The first-order valence-electron chi connectivity index (χ1n) is 11.0. The number of nitrogens with one attached hydrogen (secondary N) is 2. The average Bonchev–Trinajstić information content (AvgIpc) is 3.47. The maximum absolute atomic E-state index is 13.5. The van der Waals surface area contributed by atoms with Gasteiger partial charge >= 0.3 is 0 Å². The van der Waals surface area contributed by atoms with Crippen molar-refractivity contribution in [2.45, 2.75) is 52.1 Å². The number of hydrogen-bond acceptors (Lipinski definition) is 5. The number of aryl methyl sites for hydroxylation is 1. The van der Waals surface area contributed by atoms with E-state index in [9.17, 15) is 4.79 Å². The Labute approximate surface area is 183 Å². The summed E-state index contributed by atoms with van der Waals surface area (Å²) in [5, 5.41) is 3.22. The van der Waals surface area contributed by atoms with Gasteiger partial charge in [-0.3, -0.25) is 4.79 Å². The van der Waals surface area contributed by atoms with Crippen LogP contribution < -0.4 is 5.32 Å². The normalized spacial score (nSPS) is 17.2. The van der Waals surface area contributed by atoms with Crippen LogP contribution in [0.5, 0.6) is 0 Å². The number of benzene rings is 1. The van der Waals surface area contributed by atoms with Crippen molar-refractivity contribution in [3.8, 4) is 11.3 Å². The molecule has 3 heterocycles. The summed E-state index contributed by atoms with van der Waals surface area (Å²) in [6.45, 7) is 6.95. The van der Waals surface area contributed by atoms with Gasteiger partial charge in [0.15, 0.2) is 0 Å². The van der Waals surface area contributed by atoms with Gasteiger partial charge in [0.2, 0.25) is 11.9 Å². The molecule has 0 spiro atoms. The Morgan fingerprint density at radius 3 is 2.61 bits per heavy atom. The second-order valence-corrected chi connectivity index (χ2v) is 8.36. The number of likely N-dealkylation sites (tertiary alicyclic amines) is 1. The maximum Gasteiger partial charge on any atom is 0.246 e. The van der Waals surface area contributed by atoms with Crippen molar-refractivity contribution in [3.63, 3.8) is 0 Å². The fourth-order valence-corrected chi connectivity index (χ4v) is 4.09. The minimum Gasteiger partial charge on any atom is -0.342 e. The van der Waals surface area contributed by atoms with Crippen LogP contribution in [0.15, 0.2) is 48.9 Å². The monoisotopic (exact) mass is 418 g/mol. The molecule has 1 saturated heterocycles. The van der Waals surface area contributed by atoms with E-state index in [0.29, 0.717) is 5.95 Å². The summed E-state index contributed by atoms with van der Waals surface area (Å²) in [6.07, 6.45) is 8.10. The number of anilines is 1. The molecule has 1 aliphatic rings. The van der Waals surface area contributed by atoms with Gasteiger partial charge in [0.05, 0.1) is 17.9 Å². The number of carbonyl (C=O) groups is 1. The van der Waals surface area contributed by atoms with E-state index in [-0.39, 0.29) is 23.9 Å². The number of aromatic nitrogens is 4. The number of carbonyl (C=O) groups excluding carboxylic acids is 1. The zero-order chi connectivity index (χ0) is 21.8. The van der Waals surface area contributed by atoms with E-state index in [1.54, 1.807) is 18.5 Å². The Bertz CT molecular complexity index is 998. The summed E-state index contributed by atoms with van der Waals surface area (Å²) in [5.41, 5.74) is 3.40. The number of imidazole rings is 1. The first-order chi connectivity index (χ1) is 15.1. The van der Waals surface area contributed by atoms with E-state index in [2.05, 4.69) is 56.4 Å². The Morgan fingerprint density at radius 2 is 1.94 bits per heavy atom. The van der Waals surface area contributed by atoms with Crippen molar-refractivity contribution in [3.05, 3.63) is 60.3 Å². The molecule has 7 heteroatoms. The molecule has 1 aromatic carbocycles. The lowest BCUT2D eigenvalue weighted by molar-refractivity contribution is -0.134. The number of H-pyrrole nitrogens is 1. The number of nitrogens with zero attached hydrogens (tertiary/aromatic N) is 4. The van der Waals surface area contributed by atoms with Crippen LogP contribution in [0.3, 0.4) is 0 Å². The van der Waals surface area contributed by atoms with Crippen molar-refractivity contribution < 1.29 is 4.79 Å². The van der Waals surface area contributed by atoms with Gasteiger partial charge in [0.25, 0.3) is 0 Å². The van der Waals surface area contributed by atoms with Crippen molar-refractivity contribution in [1.82, 2.24) is 24.8 Å². The molecule has 1 aliphatic heterocycles. The van der Waals surface area contributed by atoms with Gasteiger partial charge in [-0.25, -0.2) is 15.0 Å². The van der Waals surface area contributed by atoms with Crippen LogP contribution in [-0.4, -0.2) is 43.3 Å². The van der Waals surface area contributed by atoms with Crippen LogP contribution in [0, 0.1) is 5.92 Å². The maximum atomic E-state index is 13.5. The molecule has 2 unspecified atom stereocenters. The fourth-order valence-electron chi connectivity index (χ4n) is 4.09. The van der Waals surface area contributed by atoms with E-state index in [4.69, 9.17) is 0 Å². The standard InChI is InChI=1S/C24H30N6O/c1-4-17-8-10-18(11-9-17)19-15-27-22(28-19)20-7-5-14-30(20)23(31)21(16(2)3)29-24-25-12-6-13-26-24/h6,8-13,15-16,20-21H,4-5,7,14H2,1-3H3,(H,27,28)(H,25,26,29). The highest BCUT2D eigenvalue weighted by molar-refractivity contribution is 5.85. The number of hydrogen-bond donors (Lipinski definition) is 2. The third-order valence-corrected chi connectivity index (χ3v) is 5.90. The summed E-state index contributed by atoms with van der Waals surface area (Å²) in [5.74, 6) is 1.48. The van der Waals surface area contributed by atoms with Crippen molar-refractivity contribution in [2.24, 2.45) is 5.92 Å². The second kappa shape index (κ2) is 9.29. The second-order valence-electron chi connectivity index (χ2n) is 8.36. The molecule has 0 saturated carbocycles. The SMILES string of the molecule is CCc1ccc(-c2cnc(C3CCCN3C(=O)C(Nc3ncccn3)C(C)C)[nH]2)cc1. The van der Waals surface area contributed by atoms with Gasteiger partial charge in [0, 0.05) is 18.9 Å². The lowest BCUT2D eigenvalue weighted by atomic mass is 10.0. The Kier molecular flexibility index (Phi) is 6.30. The fraction of sp³-hybridized carbons (Fsp3) is 0.417. The molecule has 0 bridgehead atoms. The Hall–Kier alpha value is -3.22. The van der Waals surface area contributed by atoms with Crippen LogP contribution in [0.4, 0.5) is 5.95 Å². The smallest absolute Gasteiger partial charge is 0.246 e. The average molecular weight is 419 g/mol. The highest BCUT2D eigenvalue weighted by atomic mass is 16.2. The topological polar surface area (TPSA) is 86.8 Å². The Morgan fingerprint density at radius 1 is 1.19 bits per heavy atom. The molecule has 2 atom stereocenters. The minimum absolute atomic E-state index is 0.0455. The first kappa shape index (κ1) is 21.0. The third kappa shape index (κ3) is 4.60. The summed E-state index contributed by atoms with van der Waals surface area (Å²) >= 11 is 0. The highest BCUT2D eigenvalue weighted by Crippen LogP contribution is 2.33. The highest BCUT2D eigenvalue weighted by Gasteiger charge is 2.36. The molecule has 1 fully saturated rings. The number of amides is 1. The molecule has 2 N–H and O–H groups in total. The van der Waals surface area contributed by atoms with Gasteiger partial charge in [-0.15, -0.1) is 0 Å². The van der Waals surface area contributed by atoms with E-state index in [1.165, 1.54) is 5.56 Å². The molecule has 3 aromatic rings. The van der Waals surface area contributed by atoms with Crippen LogP contribution in [0.1, 0.15) is 51.0 Å². The summed E-state index contributed by atoms with van der Waals surface area (Å²) < 4.78 is 0. The molecule has 1 amide bonds. The molecule has 0 radical (unpaired) electrons. The third-order valence-electron chi connectivity index (χ3n) is 5.90. The summed E-state index contributed by atoms with van der Waals surface area (Å²) in [4.78, 5) is 32.0. The lowest BCUT2D eigenvalue weighted by Crippen LogP contribution is -2.45. The van der Waals surface area contributed by atoms with Crippen LogP contribution >= 0.6 is 0 Å². The lowest BCUT2D eigenvalue weighted by Gasteiger charge is -2.30. The minimum atomic E-state index is -0.390. The molecule has 7 nitrogen and oxygen atoms in total. The zero-order valence-corrected chi connectivity index (χ0v) is 18.4. The number of aromatic amines is 1. The first-order valence-corrected chi connectivity index (χ1v) is 11.0. The van der Waals surface area contributed by atoms with Crippen LogP contribution in [0.2, 0.25) is 0 Å². The van der Waals surface area contributed by atoms with Gasteiger partial charge in [-0.1, -0.05) is 45.0 Å². The number of rotatable bonds is 7. The van der Waals surface area contributed by atoms with E-state index in [1.807, 2.05) is 24.9 Å². The largest absolute Gasteiger partial charge is 0.342 e. The molecular formula is C24H30N6O. The molecule has 2 aromatic heterocycles. The molecule has 0 aliphatic carbocycles. The van der Waals surface area contributed by atoms with E-state index < -0.39 is 0 Å².